The van der Waals surface area contributed by atoms with E-state index in [1.165, 1.54) is 12.1 Å². The van der Waals surface area contributed by atoms with Gasteiger partial charge >= 0.3 is 0 Å². The molecule has 2 rings (SSSR count). The van der Waals surface area contributed by atoms with Crippen molar-refractivity contribution in [3.63, 3.8) is 0 Å². The summed E-state index contributed by atoms with van der Waals surface area (Å²) in [5.74, 6) is -0.572. The van der Waals surface area contributed by atoms with Gasteiger partial charge in [0.1, 0.15) is 0 Å². The minimum absolute atomic E-state index is 0.0111. The molecule has 0 aliphatic carbocycles. The van der Waals surface area contributed by atoms with Gasteiger partial charge in [-0.05, 0) is 12.1 Å². The van der Waals surface area contributed by atoms with Gasteiger partial charge in [-0.15, -0.1) is 0 Å². The highest BCUT2D eigenvalue weighted by atomic mass is 16.6. The lowest BCUT2D eigenvalue weighted by atomic mass is 10.1. The number of hydrogen-bond donors (Lipinski definition) is 3. The van der Waals surface area contributed by atoms with Gasteiger partial charge in [-0.1, -0.05) is 18.2 Å². The van der Waals surface area contributed by atoms with E-state index in [9.17, 15) is 20.0 Å². The van der Waals surface area contributed by atoms with E-state index in [4.69, 9.17) is 5.73 Å². The number of hydrogen-bond acceptors (Lipinski definition) is 5. The van der Waals surface area contributed by atoms with E-state index < -0.39 is 10.8 Å². The molecule has 4 N–H and O–H groups in total. The van der Waals surface area contributed by atoms with E-state index in [1.54, 1.807) is 24.3 Å². The van der Waals surface area contributed by atoms with Crippen molar-refractivity contribution in [1.82, 2.24) is 0 Å². The summed E-state index contributed by atoms with van der Waals surface area (Å²) in [6, 6.07) is 10.4. The number of nitrogens with one attached hydrogen (secondary N) is 1. The maximum Gasteiger partial charge on any atom is 0.270 e. The molecule has 0 radical (unpaired) electrons. The standard InChI is InChI=1S/C14H13N3O4/c15-12-6-5-10(17(20)21)7-11(12)14(19)16-13-4-2-1-3-9(13)8-18/h1-7,18H,8,15H2,(H,16,19). The van der Waals surface area contributed by atoms with Crippen LogP contribution >= 0.6 is 0 Å². The molecule has 0 atom stereocenters. The topological polar surface area (TPSA) is 118 Å². The first-order chi connectivity index (χ1) is 10.0. The van der Waals surface area contributed by atoms with Gasteiger partial charge in [-0.3, -0.25) is 14.9 Å². The molecule has 0 saturated carbocycles. The summed E-state index contributed by atoms with van der Waals surface area (Å²) < 4.78 is 0. The van der Waals surface area contributed by atoms with Crippen LogP contribution in [0, 0.1) is 10.1 Å². The van der Waals surface area contributed by atoms with Crippen molar-refractivity contribution < 1.29 is 14.8 Å². The highest BCUT2D eigenvalue weighted by Gasteiger charge is 2.16. The number of non-ortho nitro benzene ring substituents is 1. The SMILES string of the molecule is Nc1ccc([N+](=O)[O-])cc1C(=O)Nc1ccccc1CO. The molecule has 7 nitrogen and oxygen atoms in total. The van der Waals surface area contributed by atoms with Crippen LogP contribution in [0.25, 0.3) is 0 Å². The smallest absolute Gasteiger partial charge is 0.270 e. The summed E-state index contributed by atoms with van der Waals surface area (Å²) in [5.41, 5.74) is 6.58. The molecule has 2 aromatic carbocycles. The van der Waals surface area contributed by atoms with Crippen molar-refractivity contribution in [2.24, 2.45) is 0 Å². The van der Waals surface area contributed by atoms with Crippen molar-refractivity contribution in [1.29, 1.82) is 0 Å². The van der Waals surface area contributed by atoms with E-state index in [0.717, 1.165) is 6.07 Å². The number of nitro groups is 1. The van der Waals surface area contributed by atoms with Crippen molar-refractivity contribution in [3.05, 3.63) is 63.7 Å². The first-order valence-electron chi connectivity index (χ1n) is 6.07. The van der Waals surface area contributed by atoms with Gasteiger partial charge in [0.05, 0.1) is 17.1 Å². The number of amides is 1. The fourth-order valence-electron chi connectivity index (χ4n) is 1.82. The van der Waals surface area contributed by atoms with Crippen molar-refractivity contribution >= 4 is 23.0 Å². The van der Waals surface area contributed by atoms with Crippen molar-refractivity contribution in [2.75, 3.05) is 11.1 Å². The Kier molecular flexibility index (Phi) is 4.15. The van der Waals surface area contributed by atoms with Crippen LogP contribution in [0.1, 0.15) is 15.9 Å². The Morgan fingerprint density at radius 1 is 1.29 bits per heavy atom. The van der Waals surface area contributed by atoms with Crippen LogP contribution in [-0.2, 0) is 6.61 Å². The summed E-state index contributed by atoms with van der Waals surface area (Å²) >= 11 is 0. The van der Waals surface area contributed by atoms with Gasteiger partial charge in [-0.2, -0.15) is 0 Å². The van der Waals surface area contributed by atoms with Crippen LogP contribution in [0.15, 0.2) is 42.5 Å². The van der Waals surface area contributed by atoms with Crippen molar-refractivity contribution in [2.45, 2.75) is 6.61 Å². The first kappa shape index (κ1) is 14.5. The van der Waals surface area contributed by atoms with E-state index in [1.807, 2.05) is 0 Å². The van der Waals surface area contributed by atoms with Crippen LogP contribution in [0.3, 0.4) is 0 Å². The Bertz CT molecular complexity index is 700. The van der Waals surface area contributed by atoms with Crippen LogP contribution in [0.5, 0.6) is 0 Å². The molecule has 0 saturated heterocycles. The quantitative estimate of drug-likeness (QED) is 0.451. The second kappa shape index (κ2) is 6.02. The Morgan fingerprint density at radius 3 is 2.67 bits per heavy atom. The number of rotatable bonds is 4. The van der Waals surface area contributed by atoms with E-state index in [0.29, 0.717) is 11.3 Å². The highest BCUT2D eigenvalue weighted by molar-refractivity contribution is 6.08. The maximum atomic E-state index is 12.2. The van der Waals surface area contributed by atoms with Crippen LogP contribution < -0.4 is 11.1 Å². The van der Waals surface area contributed by atoms with Gasteiger partial charge in [-0.25, -0.2) is 0 Å². The summed E-state index contributed by atoms with van der Waals surface area (Å²) in [6.45, 7) is -0.235. The van der Waals surface area contributed by atoms with Gasteiger partial charge in [0.2, 0.25) is 0 Å². The molecule has 0 spiro atoms. The third-order valence-corrected chi connectivity index (χ3v) is 2.93. The van der Waals surface area contributed by atoms with Gasteiger partial charge in [0, 0.05) is 29.1 Å². The molecule has 0 aliphatic heterocycles. The summed E-state index contributed by atoms with van der Waals surface area (Å²) in [7, 11) is 0. The molecule has 0 aromatic heterocycles. The Balaban J connectivity index is 2.32. The lowest BCUT2D eigenvalue weighted by Gasteiger charge is -2.10. The molecule has 7 heteroatoms. The molecule has 2 aromatic rings. The highest BCUT2D eigenvalue weighted by Crippen LogP contribution is 2.22. The Hall–Kier alpha value is -2.93. The molecular weight excluding hydrogens is 274 g/mol. The number of benzene rings is 2. The monoisotopic (exact) mass is 287 g/mol. The number of aliphatic hydroxyl groups is 1. The first-order valence-corrected chi connectivity index (χ1v) is 6.07. The van der Waals surface area contributed by atoms with Gasteiger partial charge in [0.25, 0.3) is 11.6 Å². The third kappa shape index (κ3) is 3.15. The fraction of sp³-hybridized carbons (Fsp3) is 0.0714. The second-order valence-electron chi connectivity index (χ2n) is 4.30. The number of nitro benzene ring substituents is 1. The second-order valence-corrected chi connectivity index (χ2v) is 4.30. The predicted octanol–water partition coefficient (Wildman–Crippen LogP) is 1.92. The van der Waals surface area contributed by atoms with Crippen LogP contribution in [0.2, 0.25) is 0 Å². The largest absolute Gasteiger partial charge is 0.398 e. The van der Waals surface area contributed by atoms with E-state index in [-0.39, 0.29) is 23.5 Å². The zero-order chi connectivity index (χ0) is 15.4. The average molecular weight is 287 g/mol. The van der Waals surface area contributed by atoms with Gasteiger partial charge in [0.15, 0.2) is 0 Å². The molecule has 0 aliphatic rings. The van der Waals surface area contributed by atoms with E-state index >= 15 is 0 Å². The average Bonchev–Trinajstić information content (AvgIpc) is 2.47. The van der Waals surface area contributed by atoms with Crippen LogP contribution in [-0.4, -0.2) is 15.9 Å². The lowest BCUT2D eigenvalue weighted by molar-refractivity contribution is -0.384. The van der Waals surface area contributed by atoms with Crippen molar-refractivity contribution in [3.8, 4) is 0 Å². The maximum absolute atomic E-state index is 12.2. The zero-order valence-electron chi connectivity index (χ0n) is 10.9. The molecule has 0 heterocycles. The normalized spacial score (nSPS) is 10.1. The number of anilines is 2. The minimum Gasteiger partial charge on any atom is -0.398 e. The molecule has 21 heavy (non-hydrogen) atoms. The number of nitrogen functional groups attached to an aromatic ring is 1. The number of nitrogens with zero attached hydrogens (tertiary/aromatic N) is 1. The van der Waals surface area contributed by atoms with Crippen LogP contribution in [0.4, 0.5) is 17.1 Å². The molecule has 108 valence electrons. The molecular formula is C14H13N3O4. The molecule has 1 amide bonds. The lowest BCUT2D eigenvalue weighted by Crippen LogP contribution is -2.15. The Labute approximate surface area is 120 Å². The number of para-hydroxylation sites is 1. The summed E-state index contributed by atoms with van der Waals surface area (Å²) in [6.07, 6.45) is 0. The Morgan fingerprint density at radius 2 is 2.00 bits per heavy atom. The zero-order valence-corrected chi connectivity index (χ0v) is 10.9. The number of nitrogens with two attached hydrogens (primary N) is 1. The summed E-state index contributed by atoms with van der Waals surface area (Å²) in [5, 5.41) is 22.5. The number of aliphatic hydroxyl groups excluding tert-OH is 1. The minimum atomic E-state index is -0.599. The number of carbonyl (C=O) groups is 1. The molecule has 0 bridgehead atoms. The molecule has 0 fully saturated rings. The summed E-state index contributed by atoms with van der Waals surface area (Å²) in [4.78, 5) is 22.3. The third-order valence-electron chi connectivity index (χ3n) is 2.93. The van der Waals surface area contributed by atoms with Gasteiger partial charge < -0.3 is 16.2 Å². The fourth-order valence-corrected chi connectivity index (χ4v) is 1.82. The molecule has 0 unspecified atom stereocenters. The predicted molar refractivity (Wildman–Crippen MR) is 77.8 cm³/mol. The van der Waals surface area contributed by atoms with E-state index in [2.05, 4.69) is 5.32 Å². The number of carbonyl (C=O) groups excluding carboxylic acids is 1.